The second-order valence-corrected chi connectivity index (χ2v) is 5.86. The van der Waals surface area contributed by atoms with E-state index in [4.69, 9.17) is 4.74 Å². The molecule has 4 heteroatoms. The fourth-order valence-corrected chi connectivity index (χ4v) is 2.08. The van der Waals surface area contributed by atoms with E-state index in [-0.39, 0.29) is 18.0 Å². The molecule has 0 aliphatic heterocycles. The summed E-state index contributed by atoms with van der Waals surface area (Å²) in [6, 6.07) is 7.79. The Morgan fingerprint density at radius 2 is 1.76 bits per heavy atom. The van der Waals surface area contributed by atoms with Crippen LogP contribution in [-0.2, 0) is 4.79 Å². The average molecular weight is 292 g/mol. The van der Waals surface area contributed by atoms with Crippen LogP contribution in [-0.4, -0.2) is 25.6 Å². The van der Waals surface area contributed by atoms with Crippen molar-refractivity contribution in [2.24, 2.45) is 5.92 Å². The summed E-state index contributed by atoms with van der Waals surface area (Å²) in [7, 11) is 1.65. The van der Waals surface area contributed by atoms with Crippen molar-refractivity contribution in [2.45, 2.75) is 46.2 Å². The average Bonchev–Trinajstić information content (AvgIpc) is 2.46. The first kappa shape index (κ1) is 17.5. The van der Waals surface area contributed by atoms with Crippen LogP contribution in [0.1, 0.15) is 45.7 Å². The Morgan fingerprint density at radius 1 is 1.14 bits per heavy atom. The molecule has 4 nitrogen and oxygen atoms in total. The molecule has 0 bridgehead atoms. The summed E-state index contributed by atoms with van der Waals surface area (Å²) >= 11 is 0. The predicted octanol–water partition coefficient (Wildman–Crippen LogP) is 2.90. The van der Waals surface area contributed by atoms with E-state index >= 15 is 0 Å². The molecule has 2 atom stereocenters. The molecule has 1 aromatic rings. The number of methoxy groups -OCH3 is 1. The standard InChI is InChI=1S/C17H28N2O2/c1-12(2)10-11-18-17(20)14(4)19-13(3)15-6-8-16(21-5)9-7-15/h6-9,12-14,19H,10-11H2,1-5H3,(H,18,20). The maximum absolute atomic E-state index is 12.0. The van der Waals surface area contributed by atoms with Gasteiger partial charge in [0.15, 0.2) is 0 Å². The summed E-state index contributed by atoms with van der Waals surface area (Å²) in [4.78, 5) is 12.0. The Bertz CT molecular complexity index is 429. The summed E-state index contributed by atoms with van der Waals surface area (Å²) in [6.45, 7) is 8.99. The third-order valence-electron chi connectivity index (χ3n) is 3.53. The first-order valence-corrected chi connectivity index (χ1v) is 7.61. The van der Waals surface area contributed by atoms with Crippen molar-refractivity contribution in [1.29, 1.82) is 0 Å². The third-order valence-corrected chi connectivity index (χ3v) is 3.53. The summed E-state index contributed by atoms with van der Waals surface area (Å²) in [6.07, 6.45) is 1.01. The fourth-order valence-electron chi connectivity index (χ4n) is 2.08. The van der Waals surface area contributed by atoms with E-state index in [2.05, 4.69) is 31.4 Å². The quantitative estimate of drug-likeness (QED) is 0.774. The van der Waals surface area contributed by atoms with Crippen LogP contribution < -0.4 is 15.4 Å². The van der Waals surface area contributed by atoms with Gasteiger partial charge in [0.1, 0.15) is 5.75 Å². The van der Waals surface area contributed by atoms with Crippen molar-refractivity contribution >= 4 is 5.91 Å². The fraction of sp³-hybridized carbons (Fsp3) is 0.588. The lowest BCUT2D eigenvalue weighted by molar-refractivity contribution is -0.122. The van der Waals surface area contributed by atoms with Gasteiger partial charge in [0.25, 0.3) is 0 Å². The Labute approximate surface area is 128 Å². The number of ether oxygens (including phenoxy) is 1. The van der Waals surface area contributed by atoms with Crippen molar-refractivity contribution in [1.82, 2.24) is 10.6 Å². The van der Waals surface area contributed by atoms with Gasteiger partial charge < -0.3 is 10.1 Å². The van der Waals surface area contributed by atoms with Gasteiger partial charge >= 0.3 is 0 Å². The first-order chi connectivity index (χ1) is 9.93. The number of carbonyl (C=O) groups excluding carboxylic acids is 1. The molecule has 1 aromatic carbocycles. The maximum Gasteiger partial charge on any atom is 0.236 e. The van der Waals surface area contributed by atoms with E-state index in [0.717, 1.165) is 24.3 Å². The van der Waals surface area contributed by atoms with E-state index in [0.29, 0.717) is 5.92 Å². The van der Waals surface area contributed by atoms with Crippen LogP contribution >= 0.6 is 0 Å². The lowest BCUT2D eigenvalue weighted by Gasteiger charge is -2.20. The molecule has 0 spiro atoms. The first-order valence-electron chi connectivity index (χ1n) is 7.61. The van der Waals surface area contributed by atoms with Crippen molar-refractivity contribution in [3.05, 3.63) is 29.8 Å². The number of hydrogen-bond donors (Lipinski definition) is 2. The van der Waals surface area contributed by atoms with Crippen LogP contribution in [0.15, 0.2) is 24.3 Å². The van der Waals surface area contributed by atoms with Gasteiger partial charge in [-0.15, -0.1) is 0 Å². The largest absolute Gasteiger partial charge is 0.497 e. The summed E-state index contributed by atoms with van der Waals surface area (Å²) in [5.74, 6) is 1.49. The van der Waals surface area contributed by atoms with Gasteiger partial charge in [-0.25, -0.2) is 0 Å². The van der Waals surface area contributed by atoms with Crippen molar-refractivity contribution in [3.63, 3.8) is 0 Å². The SMILES string of the molecule is COc1ccc(C(C)NC(C)C(=O)NCCC(C)C)cc1. The topological polar surface area (TPSA) is 50.4 Å². The minimum absolute atomic E-state index is 0.0519. The second-order valence-electron chi connectivity index (χ2n) is 5.86. The van der Waals surface area contributed by atoms with E-state index in [1.807, 2.05) is 31.2 Å². The van der Waals surface area contributed by atoms with E-state index in [9.17, 15) is 4.79 Å². The normalized spacial score (nSPS) is 13.8. The molecule has 0 saturated carbocycles. The predicted molar refractivity (Wildman–Crippen MR) is 86.5 cm³/mol. The van der Waals surface area contributed by atoms with Crippen molar-refractivity contribution in [3.8, 4) is 5.75 Å². The molecule has 2 N–H and O–H groups in total. The molecular formula is C17H28N2O2. The highest BCUT2D eigenvalue weighted by atomic mass is 16.5. The molecule has 0 heterocycles. The van der Waals surface area contributed by atoms with Crippen molar-refractivity contribution < 1.29 is 9.53 Å². The van der Waals surface area contributed by atoms with E-state index in [1.165, 1.54) is 0 Å². The van der Waals surface area contributed by atoms with Gasteiger partial charge in [0, 0.05) is 12.6 Å². The van der Waals surface area contributed by atoms with Crippen LogP contribution in [0.4, 0.5) is 0 Å². The minimum Gasteiger partial charge on any atom is -0.497 e. The maximum atomic E-state index is 12.0. The lowest BCUT2D eigenvalue weighted by Crippen LogP contribution is -2.43. The van der Waals surface area contributed by atoms with Crippen LogP contribution in [0.2, 0.25) is 0 Å². The molecule has 1 rings (SSSR count). The molecule has 118 valence electrons. The zero-order valence-electron chi connectivity index (χ0n) is 13.8. The second kappa shape index (κ2) is 8.67. The van der Waals surface area contributed by atoms with Crippen LogP contribution in [0.5, 0.6) is 5.75 Å². The molecule has 0 fully saturated rings. The van der Waals surface area contributed by atoms with Gasteiger partial charge in [0.2, 0.25) is 5.91 Å². The monoisotopic (exact) mass is 292 g/mol. The highest BCUT2D eigenvalue weighted by molar-refractivity contribution is 5.81. The Hall–Kier alpha value is -1.55. The highest BCUT2D eigenvalue weighted by Crippen LogP contribution is 2.17. The number of carbonyl (C=O) groups is 1. The smallest absolute Gasteiger partial charge is 0.236 e. The Balaban J connectivity index is 2.44. The molecule has 0 saturated heterocycles. The number of hydrogen-bond acceptors (Lipinski definition) is 3. The number of benzene rings is 1. The van der Waals surface area contributed by atoms with Gasteiger partial charge in [-0.2, -0.15) is 0 Å². The van der Waals surface area contributed by atoms with Gasteiger partial charge in [-0.1, -0.05) is 26.0 Å². The lowest BCUT2D eigenvalue weighted by atomic mass is 10.1. The van der Waals surface area contributed by atoms with E-state index < -0.39 is 0 Å². The summed E-state index contributed by atoms with van der Waals surface area (Å²) in [5, 5.41) is 6.29. The summed E-state index contributed by atoms with van der Waals surface area (Å²) in [5.41, 5.74) is 1.14. The Kier molecular flexibility index (Phi) is 7.23. The highest BCUT2D eigenvalue weighted by Gasteiger charge is 2.15. The third kappa shape index (κ3) is 6.17. The van der Waals surface area contributed by atoms with Crippen LogP contribution in [0, 0.1) is 5.92 Å². The molecule has 0 aliphatic carbocycles. The van der Waals surface area contributed by atoms with Gasteiger partial charge in [-0.3, -0.25) is 10.1 Å². The molecule has 0 aliphatic rings. The van der Waals surface area contributed by atoms with Crippen molar-refractivity contribution in [2.75, 3.05) is 13.7 Å². The zero-order valence-corrected chi connectivity index (χ0v) is 13.8. The zero-order chi connectivity index (χ0) is 15.8. The minimum atomic E-state index is -0.214. The Morgan fingerprint density at radius 3 is 2.29 bits per heavy atom. The van der Waals surface area contributed by atoms with Crippen LogP contribution in [0.25, 0.3) is 0 Å². The van der Waals surface area contributed by atoms with Gasteiger partial charge in [-0.05, 0) is 43.9 Å². The van der Waals surface area contributed by atoms with Crippen LogP contribution in [0.3, 0.4) is 0 Å². The number of rotatable bonds is 8. The molecule has 0 aromatic heterocycles. The summed E-state index contributed by atoms with van der Waals surface area (Å²) < 4.78 is 5.15. The molecule has 1 amide bonds. The number of nitrogens with one attached hydrogen (secondary N) is 2. The molecule has 0 radical (unpaired) electrons. The molecular weight excluding hydrogens is 264 g/mol. The number of amides is 1. The van der Waals surface area contributed by atoms with E-state index in [1.54, 1.807) is 7.11 Å². The molecule has 2 unspecified atom stereocenters. The molecule has 21 heavy (non-hydrogen) atoms. The van der Waals surface area contributed by atoms with Gasteiger partial charge in [0.05, 0.1) is 13.2 Å².